The van der Waals surface area contributed by atoms with Gasteiger partial charge in [-0.2, -0.15) is 0 Å². The molecule has 0 saturated heterocycles. The predicted molar refractivity (Wildman–Crippen MR) is 89.4 cm³/mol. The van der Waals surface area contributed by atoms with Crippen molar-refractivity contribution in [3.8, 4) is 34.3 Å². The summed E-state index contributed by atoms with van der Waals surface area (Å²) in [5.41, 5.74) is 4.03. The third-order valence-electron chi connectivity index (χ3n) is 4.37. The predicted octanol–water partition coefficient (Wildman–Crippen LogP) is 2.15. The average molecular weight is 334 g/mol. The Morgan fingerprint density at radius 2 is 2.00 bits per heavy atom. The Labute approximate surface area is 143 Å². The fourth-order valence-corrected chi connectivity index (χ4v) is 3.11. The first-order valence-corrected chi connectivity index (χ1v) is 8.01. The minimum atomic E-state index is -0.0474. The first-order chi connectivity index (χ1) is 12.3. The van der Waals surface area contributed by atoms with E-state index in [1.54, 1.807) is 6.20 Å². The van der Waals surface area contributed by atoms with Crippen molar-refractivity contribution < 1.29 is 14.3 Å². The summed E-state index contributed by atoms with van der Waals surface area (Å²) in [5, 5.41) is 2.85. The summed E-state index contributed by atoms with van der Waals surface area (Å²) >= 11 is 0. The van der Waals surface area contributed by atoms with Gasteiger partial charge in [-0.05, 0) is 30.3 Å². The summed E-state index contributed by atoms with van der Waals surface area (Å²) in [4.78, 5) is 24.2. The van der Waals surface area contributed by atoms with Gasteiger partial charge in [-0.25, -0.2) is 9.97 Å². The maximum atomic E-state index is 11.9. The molecule has 2 aromatic heterocycles. The molecular formula is C18H14N4O3. The topological polar surface area (TPSA) is 89.1 Å². The normalized spacial score (nSPS) is 15.0. The summed E-state index contributed by atoms with van der Waals surface area (Å²) in [7, 11) is 0. The van der Waals surface area contributed by atoms with E-state index in [0.29, 0.717) is 23.7 Å². The second-order valence-corrected chi connectivity index (χ2v) is 5.91. The number of hydrogen-bond acceptors (Lipinski definition) is 5. The van der Waals surface area contributed by atoms with Crippen LogP contribution in [-0.4, -0.2) is 34.2 Å². The third-order valence-corrected chi connectivity index (χ3v) is 4.37. The molecule has 1 aromatic carbocycles. The van der Waals surface area contributed by atoms with Crippen molar-refractivity contribution in [2.75, 3.05) is 13.3 Å². The Kier molecular flexibility index (Phi) is 3.00. The van der Waals surface area contributed by atoms with E-state index >= 15 is 0 Å². The number of ether oxygens (including phenoxy) is 2. The lowest BCUT2D eigenvalue weighted by Crippen LogP contribution is -2.31. The standard InChI is InChI=1S/C18H14N4O3/c23-18-11-8-14(21-12(11)3-6-20-18)13-4-5-19-17(22-13)10-1-2-15-16(7-10)25-9-24-15/h1-2,4-5,7-8,21H,3,6,9H2,(H,20,23). The van der Waals surface area contributed by atoms with Crippen LogP contribution in [0.4, 0.5) is 0 Å². The van der Waals surface area contributed by atoms with Crippen LogP contribution >= 0.6 is 0 Å². The van der Waals surface area contributed by atoms with Crippen LogP contribution in [0.25, 0.3) is 22.8 Å². The van der Waals surface area contributed by atoms with Crippen molar-refractivity contribution in [2.24, 2.45) is 0 Å². The van der Waals surface area contributed by atoms with E-state index in [2.05, 4.69) is 20.3 Å². The molecule has 7 nitrogen and oxygen atoms in total. The van der Waals surface area contributed by atoms with Gasteiger partial charge in [-0.1, -0.05) is 0 Å². The van der Waals surface area contributed by atoms with Gasteiger partial charge in [0.1, 0.15) is 0 Å². The average Bonchev–Trinajstić information content (AvgIpc) is 3.28. The van der Waals surface area contributed by atoms with Crippen LogP contribution in [0.15, 0.2) is 36.5 Å². The molecule has 2 aliphatic rings. The lowest BCUT2D eigenvalue weighted by Gasteiger charge is -2.10. The number of benzene rings is 1. The van der Waals surface area contributed by atoms with Gasteiger partial charge in [-0.3, -0.25) is 4.79 Å². The van der Waals surface area contributed by atoms with Crippen LogP contribution in [-0.2, 0) is 6.42 Å². The van der Waals surface area contributed by atoms with Gasteiger partial charge in [-0.15, -0.1) is 0 Å². The Bertz CT molecular complexity index is 996. The molecule has 2 aliphatic heterocycles. The third kappa shape index (κ3) is 2.32. The number of amides is 1. The van der Waals surface area contributed by atoms with Gasteiger partial charge in [0.2, 0.25) is 6.79 Å². The van der Waals surface area contributed by atoms with Crippen molar-refractivity contribution in [1.29, 1.82) is 0 Å². The molecule has 0 aliphatic carbocycles. The van der Waals surface area contributed by atoms with Crippen LogP contribution in [0.2, 0.25) is 0 Å². The zero-order chi connectivity index (χ0) is 16.8. The summed E-state index contributed by atoms with van der Waals surface area (Å²) in [6.45, 7) is 0.883. The second kappa shape index (κ2) is 5.34. The van der Waals surface area contributed by atoms with Crippen molar-refractivity contribution in [3.05, 3.63) is 47.8 Å². The molecule has 124 valence electrons. The van der Waals surface area contributed by atoms with Gasteiger partial charge in [0.05, 0.1) is 17.0 Å². The Morgan fingerprint density at radius 3 is 2.92 bits per heavy atom. The van der Waals surface area contributed by atoms with Crippen LogP contribution < -0.4 is 14.8 Å². The Hall–Kier alpha value is -3.35. The number of carbonyl (C=O) groups excluding carboxylic acids is 1. The van der Waals surface area contributed by atoms with E-state index in [4.69, 9.17) is 9.47 Å². The van der Waals surface area contributed by atoms with Crippen molar-refractivity contribution in [3.63, 3.8) is 0 Å². The van der Waals surface area contributed by atoms with Crippen molar-refractivity contribution >= 4 is 5.91 Å². The molecule has 25 heavy (non-hydrogen) atoms. The number of fused-ring (bicyclic) bond motifs is 2. The number of carbonyl (C=O) groups is 1. The quantitative estimate of drug-likeness (QED) is 0.749. The number of nitrogens with zero attached hydrogens (tertiary/aromatic N) is 2. The van der Waals surface area contributed by atoms with Crippen LogP contribution in [0.5, 0.6) is 11.5 Å². The monoisotopic (exact) mass is 334 g/mol. The number of aromatic amines is 1. The van der Waals surface area contributed by atoms with Crippen molar-refractivity contribution in [1.82, 2.24) is 20.3 Å². The highest BCUT2D eigenvalue weighted by atomic mass is 16.7. The lowest BCUT2D eigenvalue weighted by atomic mass is 10.1. The lowest BCUT2D eigenvalue weighted by molar-refractivity contribution is 0.0946. The molecular weight excluding hydrogens is 320 g/mol. The highest BCUT2D eigenvalue weighted by Crippen LogP contribution is 2.35. The van der Waals surface area contributed by atoms with Crippen molar-refractivity contribution in [2.45, 2.75) is 6.42 Å². The van der Waals surface area contributed by atoms with Gasteiger partial charge in [0.15, 0.2) is 17.3 Å². The van der Waals surface area contributed by atoms with Gasteiger partial charge in [0.25, 0.3) is 5.91 Å². The molecule has 0 saturated carbocycles. The summed E-state index contributed by atoms with van der Waals surface area (Å²) < 4.78 is 10.7. The van der Waals surface area contributed by atoms with E-state index in [1.165, 1.54) is 0 Å². The Balaban J connectivity index is 1.54. The molecule has 0 atom stereocenters. The number of hydrogen-bond donors (Lipinski definition) is 2. The SMILES string of the molecule is O=C1NCCc2[nH]c(-c3ccnc(-c4ccc5c(c4)OCO5)n3)cc21. The molecule has 5 rings (SSSR count). The second-order valence-electron chi connectivity index (χ2n) is 5.91. The molecule has 3 aromatic rings. The van der Waals surface area contributed by atoms with Gasteiger partial charge < -0.3 is 19.8 Å². The first kappa shape index (κ1) is 14.0. The molecule has 0 fully saturated rings. The zero-order valence-electron chi connectivity index (χ0n) is 13.2. The smallest absolute Gasteiger partial charge is 0.253 e. The van der Waals surface area contributed by atoms with Gasteiger partial charge in [0, 0.05) is 30.4 Å². The molecule has 0 unspecified atom stereocenters. The summed E-state index contributed by atoms with van der Waals surface area (Å²) in [6, 6.07) is 9.29. The van der Waals surface area contributed by atoms with E-state index < -0.39 is 0 Å². The van der Waals surface area contributed by atoms with Crippen LogP contribution in [0.3, 0.4) is 0 Å². The number of H-pyrrole nitrogens is 1. The van der Waals surface area contributed by atoms with E-state index in [1.807, 2.05) is 30.3 Å². The van der Waals surface area contributed by atoms with Gasteiger partial charge >= 0.3 is 0 Å². The Morgan fingerprint density at radius 1 is 1.08 bits per heavy atom. The molecule has 2 N–H and O–H groups in total. The van der Waals surface area contributed by atoms with E-state index in [-0.39, 0.29) is 12.7 Å². The molecule has 0 spiro atoms. The van der Waals surface area contributed by atoms with E-state index in [0.717, 1.165) is 34.8 Å². The molecule has 0 bridgehead atoms. The zero-order valence-corrected chi connectivity index (χ0v) is 13.2. The first-order valence-electron chi connectivity index (χ1n) is 8.01. The maximum Gasteiger partial charge on any atom is 0.253 e. The fourth-order valence-electron chi connectivity index (χ4n) is 3.11. The number of nitrogens with one attached hydrogen (secondary N) is 2. The number of rotatable bonds is 2. The fraction of sp³-hybridized carbons (Fsp3) is 0.167. The summed E-state index contributed by atoms with van der Waals surface area (Å²) in [6.07, 6.45) is 2.50. The molecule has 7 heteroatoms. The highest BCUT2D eigenvalue weighted by molar-refractivity contribution is 5.97. The van der Waals surface area contributed by atoms with E-state index in [9.17, 15) is 4.79 Å². The largest absolute Gasteiger partial charge is 0.454 e. The maximum absolute atomic E-state index is 11.9. The minimum absolute atomic E-state index is 0.0474. The number of aromatic nitrogens is 3. The molecule has 0 radical (unpaired) electrons. The molecule has 1 amide bonds. The minimum Gasteiger partial charge on any atom is -0.454 e. The highest BCUT2D eigenvalue weighted by Gasteiger charge is 2.21. The summed E-state index contributed by atoms with van der Waals surface area (Å²) in [5.74, 6) is 1.96. The van der Waals surface area contributed by atoms with Crippen LogP contribution in [0, 0.1) is 0 Å². The van der Waals surface area contributed by atoms with Crippen LogP contribution in [0.1, 0.15) is 16.1 Å². The molecule has 4 heterocycles.